The highest BCUT2D eigenvalue weighted by Gasteiger charge is 2.37. The molecule has 0 N–H and O–H groups in total. The van der Waals surface area contributed by atoms with Crippen LogP contribution in [0.2, 0.25) is 0 Å². The van der Waals surface area contributed by atoms with E-state index in [1.165, 1.54) is 30.6 Å². The number of amides is 2. The fourth-order valence-corrected chi connectivity index (χ4v) is 9.67. The zero-order valence-corrected chi connectivity index (χ0v) is 30.4. The molecule has 4 aromatic carbocycles. The number of carbonyl (C=O) groups excluding carboxylic acids is 2. The van der Waals surface area contributed by atoms with Gasteiger partial charge in [0.1, 0.15) is 29.5 Å². The van der Waals surface area contributed by atoms with E-state index >= 15 is 0 Å². The Morgan fingerprint density at radius 2 is 1.23 bits per heavy atom. The Morgan fingerprint density at radius 1 is 0.731 bits per heavy atom. The smallest absolute Gasteiger partial charge is 0.259 e. The van der Waals surface area contributed by atoms with E-state index in [-0.39, 0.29) is 16.7 Å². The Bertz CT molecular complexity index is 2290. The first-order valence-corrected chi connectivity index (χ1v) is 19.7. The van der Waals surface area contributed by atoms with Gasteiger partial charge in [0.25, 0.3) is 11.8 Å². The molecule has 0 saturated heterocycles. The lowest BCUT2D eigenvalue weighted by atomic mass is 9.78. The van der Waals surface area contributed by atoms with Gasteiger partial charge in [-0.25, -0.2) is 8.42 Å². The second kappa shape index (κ2) is 14.4. The lowest BCUT2D eigenvalue weighted by molar-refractivity contribution is 0.0983. The van der Waals surface area contributed by atoms with Gasteiger partial charge in [-0.2, -0.15) is 10.5 Å². The first-order chi connectivity index (χ1) is 25.2. The van der Waals surface area contributed by atoms with Crippen LogP contribution in [0.1, 0.15) is 93.3 Å². The van der Waals surface area contributed by atoms with E-state index < -0.39 is 21.6 Å². The second-order valence-corrected chi connectivity index (χ2v) is 16.1. The van der Waals surface area contributed by atoms with Crippen molar-refractivity contribution in [3.8, 4) is 23.6 Å². The SMILES string of the molecule is COc1c(C#N)cc(C(=O)N2CS(=O)(=O)c3ccccc32)cc1C1CCC1.COc1c(C#N)cc(C(=O)N2CSc3ccccc32)cc1C1CCC1. The number of benzene rings is 4. The maximum absolute atomic E-state index is 13.2. The third-order valence-corrected chi connectivity index (χ3v) is 12.9. The van der Waals surface area contributed by atoms with Gasteiger partial charge in [-0.3, -0.25) is 19.4 Å². The maximum atomic E-state index is 13.2. The van der Waals surface area contributed by atoms with E-state index in [1.54, 1.807) is 54.1 Å². The molecule has 52 heavy (non-hydrogen) atoms. The topological polar surface area (TPSA) is 141 Å². The highest BCUT2D eigenvalue weighted by atomic mass is 32.2. The normalized spacial score (nSPS) is 16.9. The van der Waals surface area contributed by atoms with Crippen LogP contribution in [0.4, 0.5) is 11.4 Å². The molecule has 4 aliphatic rings. The summed E-state index contributed by atoms with van der Waals surface area (Å²) in [4.78, 5) is 30.6. The van der Waals surface area contributed by atoms with Crippen molar-refractivity contribution in [3.63, 3.8) is 0 Å². The van der Waals surface area contributed by atoms with Crippen LogP contribution in [-0.2, 0) is 9.84 Å². The number of ether oxygens (including phenoxy) is 2. The van der Waals surface area contributed by atoms with Crippen LogP contribution in [0.3, 0.4) is 0 Å². The number of rotatable bonds is 6. The number of carbonyl (C=O) groups is 2. The summed E-state index contributed by atoms with van der Waals surface area (Å²) in [6.45, 7) is 0. The van der Waals surface area contributed by atoms with E-state index in [0.29, 0.717) is 51.2 Å². The predicted molar refractivity (Wildman–Crippen MR) is 198 cm³/mol. The average Bonchev–Trinajstić information content (AvgIpc) is 3.67. The lowest BCUT2D eigenvalue weighted by Crippen LogP contribution is -2.30. The number of fused-ring (bicyclic) bond motifs is 2. The van der Waals surface area contributed by atoms with Gasteiger partial charge in [0.15, 0.2) is 9.84 Å². The number of sulfone groups is 1. The highest BCUT2D eigenvalue weighted by molar-refractivity contribution is 8.00. The standard InChI is InChI=1S/C20H18N2O4S.C20H18N2O2S/c1-26-19-15(11-21)9-14(10-16(19)13-5-4-6-13)20(23)22-12-27(24,25)18-8-3-2-7-17(18)22;1-24-19-15(11-21)9-14(10-16(19)13-5-4-6-13)20(23)22-12-25-18-8-3-2-7-17(18)22/h2-3,7-10,13H,4-6,12H2,1H3;2-3,7-10,13H,4-6,12H2,1H3. The van der Waals surface area contributed by atoms with E-state index in [1.807, 2.05) is 30.3 Å². The van der Waals surface area contributed by atoms with Crippen molar-refractivity contribution in [2.75, 3.05) is 35.8 Å². The summed E-state index contributed by atoms with van der Waals surface area (Å²) in [7, 11) is -0.433. The summed E-state index contributed by atoms with van der Waals surface area (Å²) >= 11 is 1.66. The van der Waals surface area contributed by atoms with Gasteiger partial charge in [-0.15, -0.1) is 11.8 Å². The minimum absolute atomic E-state index is 0.0582. The molecule has 2 aliphatic carbocycles. The zero-order valence-electron chi connectivity index (χ0n) is 28.8. The molecule has 0 bridgehead atoms. The zero-order chi connectivity index (χ0) is 36.6. The van der Waals surface area contributed by atoms with E-state index in [4.69, 9.17) is 9.47 Å². The minimum Gasteiger partial charge on any atom is -0.495 e. The van der Waals surface area contributed by atoms with Gasteiger partial charge in [-0.05, 0) is 97.2 Å². The van der Waals surface area contributed by atoms with Gasteiger partial charge in [0, 0.05) is 16.0 Å². The molecule has 264 valence electrons. The minimum atomic E-state index is -3.54. The molecule has 2 saturated carbocycles. The van der Waals surface area contributed by atoms with Crippen molar-refractivity contribution in [2.24, 2.45) is 0 Å². The molecule has 0 spiro atoms. The summed E-state index contributed by atoms with van der Waals surface area (Å²) in [6, 6.07) is 25.5. The van der Waals surface area contributed by atoms with Gasteiger partial charge < -0.3 is 9.47 Å². The first-order valence-electron chi connectivity index (χ1n) is 17.1. The van der Waals surface area contributed by atoms with Crippen LogP contribution >= 0.6 is 11.8 Å². The Balaban J connectivity index is 0.000000162. The molecule has 0 unspecified atom stereocenters. The first kappa shape index (κ1) is 35.1. The number of nitrogens with zero attached hydrogens (tertiary/aromatic N) is 4. The molecule has 10 nitrogen and oxygen atoms in total. The van der Waals surface area contributed by atoms with Crippen molar-refractivity contribution in [1.82, 2.24) is 0 Å². The van der Waals surface area contributed by atoms with Crippen molar-refractivity contribution < 1.29 is 27.5 Å². The van der Waals surface area contributed by atoms with Crippen LogP contribution in [0.5, 0.6) is 11.5 Å². The van der Waals surface area contributed by atoms with Gasteiger partial charge in [-0.1, -0.05) is 37.1 Å². The lowest BCUT2D eigenvalue weighted by Gasteiger charge is -2.28. The number of para-hydroxylation sites is 2. The number of hydrogen-bond donors (Lipinski definition) is 0. The summed E-state index contributed by atoms with van der Waals surface area (Å²) in [5.74, 6) is 1.50. The molecule has 2 fully saturated rings. The van der Waals surface area contributed by atoms with E-state index in [2.05, 4.69) is 12.1 Å². The molecule has 0 aromatic heterocycles. The van der Waals surface area contributed by atoms with Crippen LogP contribution in [-0.4, -0.2) is 46.2 Å². The molecule has 4 aromatic rings. The second-order valence-electron chi connectivity index (χ2n) is 13.2. The third-order valence-electron chi connectivity index (χ3n) is 10.3. The number of hydrogen-bond acceptors (Lipinski definition) is 9. The molecule has 8 rings (SSSR count). The predicted octanol–water partition coefficient (Wildman–Crippen LogP) is 7.77. The summed E-state index contributed by atoms with van der Waals surface area (Å²) in [6.07, 6.45) is 6.43. The van der Waals surface area contributed by atoms with Gasteiger partial charge in [0.05, 0.1) is 47.5 Å². The van der Waals surface area contributed by atoms with Gasteiger partial charge in [0.2, 0.25) is 0 Å². The van der Waals surface area contributed by atoms with Crippen molar-refractivity contribution in [3.05, 3.63) is 106 Å². The Hall–Kier alpha value is -5.30. The summed E-state index contributed by atoms with van der Waals surface area (Å²) in [5, 5.41) is 19.0. The molecule has 2 amide bonds. The van der Waals surface area contributed by atoms with Crippen molar-refractivity contribution in [1.29, 1.82) is 10.5 Å². The Morgan fingerprint density at radius 3 is 1.73 bits per heavy atom. The van der Waals surface area contributed by atoms with Crippen LogP contribution in [0.25, 0.3) is 0 Å². The molecule has 12 heteroatoms. The fourth-order valence-electron chi connectivity index (χ4n) is 7.12. The molecule has 0 radical (unpaired) electrons. The third kappa shape index (κ3) is 6.27. The van der Waals surface area contributed by atoms with Crippen LogP contribution in [0, 0.1) is 22.7 Å². The highest BCUT2D eigenvalue weighted by Crippen LogP contribution is 2.45. The number of anilines is 2. The van der Waals surface area contributed by atoms with Crippen molar-refractivity contribution >= 4 is 44.8 Å². The Kier molecular flexibility index (Phi) is 9.71. The molecular formula is C40H36N4O6S2. The average molecular weight is 733 g/mol. The van der Waals surface area contributed by atoms with E-state index in [0.717, 1.165) is 53.8 Å². The number of nitriles is 2. The largest absolute Gasteiger partial charge is 0.495 e. The quantitative estimate of drug-likeness (QED) is 0.194. The maximum Gasteiger partial charge on any atom is 0.259 e. The van der Waals surface area contributed by atoms with Gasteiger partial charge >= 0.3 is 0 Å². The molecule has 2 heterocycles. The van der Waals surface area contributed by atoms with E-state index in [9.17, 15) is 28.5 Å². The Labute approximate surface area is 307 Å². The number of methoxy groups -OCH3 is 2. The molecule has 0 atom stereocenters. The summed E-state index contributed by atoms with van der Waals surface area (Å²) < 4.78 is 35.7. The number of thioether (sulfide) groups is 1. The summed E-state index contributed by atoms with van der Waals surface area (Å²) in [5.41, 5.74) is 4.77. The van der Waals surface area contributed by atoms with Crippen molar-refractivity contribution in [2.45, 2.75) is 60.2 Å². The van der Waals surface area contributed by atoms with Crippen LogP contribution < -0.4 is 19.3 Å². The van der Waals surface area contributed by atoms with Crippen LogP contribution in [0.15, 0.2) is 82.6 Å². The molecule has 2 aliphatic heterocycles. The monoisotopic (exact) mass is 732 g/mol. The molecular weight excluding hydrogens is 697 g/mol. The fraction of sp³-hybridized carbons (Fsp3) is 0.300.